The fourth-order valence-corrected chi connectivity index (χ4v) is 4.54. The van der Waals surface area contributed by atoms with Gasteiger partial charge in [-0.05, 0) is 18.4 Å². The van der Waals surface area contributed by atoms with Crippen LogP contribution in [0.4, 0.5) is 0 Å². The van der Waals surface area contributed by atoms with Crippen molar-refractivity contribution in [2.45, 2.75) is 121 Å². The number of rotatable bonds is 17. The number of aromatic hydroxyl groups is 2. The Balaban J connectivity index is 0.00000900. The number of hydrogen-bond acceptors (Lipinski definition) is 5. The Morgan fingerprint density at radius 1 is 0.774 bits per heavy atom. The molecule has 0 saturated heterocycles. The van der Waals surface area contributed by atoms with Crippen LogP contribution < -0.4 is 51.4 Å². The molecule has 0 amide bonds. The molecule has 0 aliphatic carbocycles. The molecular weight excluding hydrogens is 439 g/mol. The van der Waals surface area contributed by atoms with E-state index in [1.165, 1.54) is 83.1 Å². The monoisotopic (exact) mass is 480 g/mol. The minimum Gasteiger partial charge on any atom is -0.744 e. The van der Waals surface area contributed by atoms with Gasteiger partial charge in [0.2, 0.25) is 0 Å². The zero-order chi connectivity index (χ0) is 22.4. The first-order valence-electron chi connectivity index (χ1n) is 11.8. The van der Waals surface area contributed by atoms with E-state index in [1.807, 2.05) is 6.92 Å². The van der Waals surface area contributed by atoms with E-state index in [4.69, 9.17) is 0 Å². The molecule has 31 heavy (non-hydrogen) atoms. The second kappa shape index (κ2) is 17.8. The van der Waals surface area contributed by atoms with Crippen molar-refractivity contribution in [3.05, 3.63) is 17.7 Å². The van der Waals surface area contributed by atoms with Gasteiger partial charge in [0.1, 0.15) is 21.6 Å². The predicted molar refractivity (Wildman–Crippen MR) is 121 cm³/mol. The third kappa shape index (κ3) is 13.6. The average Bonchev–Trinajstić information content (AvgIpc) is 2.68. The molecular formula is C24H41KO5S. The summed E-state index contributed by atoms with van der Waals surface area (Å²) in [4.78, 5) is -0.771. The Hall–Kier alpha value is 0.366. The van der Waals surface area contributed by atoms with Crippen molar-refractivity contribution in [3.8, 4) is 11.5 Å². The largest absolute Gasteiger partial charge is 1.00 e. The van der Waals surface area contributed by atoms with Crippen molar-refractivity contribution >= 4 is 10.1 Å². The van der Waals surface area contributed by atoms with Crippen LogP contribution in [0.25, 0.3) is 0 Å². The third-order valence-electron chi connectivity index (χ3n) is 5.90. The van der Waals surface area contributed by atoms with E-state index in [9.17, 15) is 23.2 Å². The maximum atomic E-state index is 11.1. The van der Waals surface area contributed by atoms with Gasteiger partial charge in [0.05, 0.1) is 4.90 Å². The van der Waals surface area contributed by atoms with Gasteiger partial charge in [0.25, 0.3) is 0 Å². The fourth-order valence-electron chi connectivity index (χ4n) is 3.97. The maximum Gasteiger partial charge on any atom is 1.00 e. The standard InChI is InChI=1S/C24H42O5S.K/c1-3-4-5-6-7-8-9-10-11-12-13-14-15-16-17-20(2)21-18-23(26)24(19-22(21)25)30(27,28)29;/h18-20,25-26H,3-17H2,1-2H3,(H,27,28,29);/q;+1/p-1. The normalized spacial score (nSPS) is 12.5. The second-order valence-electron chi connectivity index (χ2n) is 8.62. The van der Waals surface area contributed by atoms with Crippen LogP contribution in [0.1, 0.15) is 122 Å². The Morgan fingerprint density at radius 3 is 1.61 bits per heavy atom. The number of unbranched alkanes of at least 4 members (excludes halogenated alkanes) is 13. The minimum absolute atomic E-state index is 0. The van der Waals surface area contributed by atoms with Gasteiger partial charge in [-0.2, -0.15) is 0 Å². The number of phenolic OH excluding ortho intramolecular Hbond substituents is 2. The quantitative estimate of drug-likeness (QED) is 0.152. The Kier molecular flexibility index (Phi) is 18.0. The van der Waals surface area contributed by atoms with E-state index in [0.717, 1.165) is 25.3 Å². The third-order valence-corrected chi connectivity index (χ3v) is 6.76. The summed E-state index contributed by atoms with van der Waals surface area (Å²) in [7, 11) is -4.80. The minimum atomic E-state index is -4.80. The van der Waals surface area contributed by atoms with Crippen molar-refractivity contribution < 1.29 is 74.6 Å². The molecule has 7 heteroatoms. The first-order valence-corrected chi connectivity index (χ1v) is 13.2. The average molecular weight is 481 g/mol. The predicted octanol–water partition coefficient (Wildman–Crippen LogP) is 3.98. The van der Waals surface area contributed by atoms with Crippen molar-refractivity contribution in [1.82, 2.24) is 0 Å². The van der Waals surface area contributed by atoms with Crippen molar-refractivity contribution in [2.24, 2.45) is 0 Å². The van der Waals surface area contributed by atoms with Crippen molar-refractivity contribution in [1.29, 1.82) is 0 Å². The van der Waals surface area contributed by atoms with Gasteiger partial charge in [-0.1, -0.05) is 104 Å². The Bertz CT molecular complexity index is 706. The molecule has 2 N–H and O–H groups in total. The van der Waals surface area contributed by atoms with E-state index in [2.05, 4.69) is 6.92 Å². The molecule has 0 bridgehead atoms. The molecule has 1 aromatic rings. The summed E-state index contributed by atoms with van der Waals surface area (Å²) in [6.07, 6.45) is 19.0. The molecule has 1 rings (SSSR count). The second-order valence-corrected chi connectivity index (χ2v) is 9.97. The fraction of sp³-hybridized carbons (Fsp3) is 0.750. The summed E-state index contributed by atoms with van der Waals surface area (Å²) in [6, 6.07) is 2.06. The Labute approximate surface area is 232 Å². The van der Waals surface area contributed by atoms with Gasteiger partial charge in [0, 0.05) is 11.6 Å². The van der Waals surface area contributed by atoms with Gasteiger partial charge in [-0.15, -0.1) is 0 Å². The first-order chi connectivity index (χ1) is 14.3. The molecule has 1 unspecified atom stereocenters. The smallest absolute Gasteiger partial charge is 0.744 e. The SMILES string of the molecule is CCCCCCCCCCCCCCCCC(C)c1cc(O)c(S(=O)(=O)[O-])cc1O.[K+]. The summed E-state index contributed by atoms with van der Waals surface area (Å²) >= 11 is 0. The van der Waals surface area contributed by atoms with Crippen molar-refractivity contribution in [3.63, 3.8) is 0 Å². The molecule has 174 valence electrons. The molecule has 0 spiro atoms. The summed E-state index contributed by atoms with van der Waals surface area (Å²) in [6.45, 7) is 4.19. The van der Waals surface area contributed by atoms with Crippen molar-refractivity contribution in [2.75, 3.05) is 0 Å². The maximum absolute atomic E-state index is 11.1. The van der Waals surface area contributed by atoms with E-state index in [-0.39, 0.29) is 63.1 Å². The van der Waals surface area contributed by atoms with Gasteiger partial charge < -0.3 is 14.8 Å². The van der Waals surface area contributed by atoms with E-state index >= 15 is 0 Å². The van der Waals surface area contributed by atoms with E-state index in [1.54, 1.807) is 0 Å². The van der Waals surface area contributed by atoms with Gasteiger partial charge in [-0.3, -0.25) is 0 Å². The van der Waals surface area contributed by atoms with Crippen LogP contribution >= 0.6 is 0 Å². The van der Waals surface area contributed by atoms with Crippen LogP contribution in [0.2, 0.25) is 0 Å². The summed E-state index contributed by atoms with van der Waals surface area (Å²) in [5, 5.41) is 19.9. The number of hydrogen-bond donors (Lipinski definition) is 2. The van der Waals surface area contributed by atoms with Crippen LogP contribution in [0.15, 0.2) is 17.0 Å². The molecule has 0 heterocycles. The Morgan fingerprint density at radius 2 is 1.19 bits per heavy atom. The van der Waals surface area contributed by atoms with Gasteiger partial charge in [-0.25, -0.2) is 8.42 Å². The van der Waals surface area contributed by atoms with Gasteiger partial charge >= 0.3 is 51.4 Å². The number of phenols is 2. The summed E-state index contributed by atoms with van der Waals surface area (Å²) in [5.41, 5.74) is 0.481. The van der Waals surface area contributed by atoms with Crippen LogP contribution in [-0.4, -0.2) is 23.2 Å². The molecule has 0 aliphatic heterocycles. The van der Waals surface area contributed by atoms with E-state index < -0.39 is 20.8 Å². The summed E-state index contributed by atoms with van der Waals surface area (Å²) < 4.78 is 33.2. The molecule has 1 aromatic carbocycles. The van der Waals surface area contributed by atoms with Gasteiger partial charge in [0.15, 0.2) is 0 Å². The van der Waals surface area contributed by atoms with Crippen LogP contribution in [-0.2, 0) is 10.1 Å². The molecule has 5 nitrogen and oxygen atoms in total. The van der Waals surface area contributed by atoms with Crippen LogP contribution in [0, 0.1) is 0 Å². The topological polar surface area (TPSA) is 97.7 Å². The molecule has 0 radical (unpaired) electrons. The van der Waals surface area contributed by atoms with E-state index in [0.29, 0.717) is 5.56 Å². The molecule has 0 aliphatic rings. The van der Waals surface area contributed by atoms with Crippen LogP contribution in [0.5, 0.6) is 11.5 Å². The molecule has 0 fully saturated rings. The zero-order valence-electron chi connectivity index (χ0n) is 19.9. The molecule has 1 atom stereocenters. The number of benzene rings is 1. The first kappa shape index (κ1) is 31.4. The summed E-state index contributed by atoms with van der Waals surface area (Å²) in [5.74, 6) is -0.859. The van der Waals surface area contributed by atoms with Crippen LogP contribution in [0.3, 0.4) is 0 Å². The molecule has 0 saturated carbocycles. The zero-order valence-corrected chi connectivity index (χ0v) is 23.8. The molecule has 0 aromatic heterocycles.